The van der Waals surface area contributed by atoms with Gasteiger partial charge in [0.2, 0.25) is 0 Å². The van der Waals surface area contributed by atoms with Crippen molar-refractivity contribution >= 4 is 17.7 Å². The zero-order valence-electron chi connectivity index (χ0n) is 13.8. The molecule has 1 aliphatic rings. The third-order valence-corrected chi connectivity index (χ3v) is 4.30. The largest absolute Gasteiger partial charge is 0.385 e. The molecule has 5 nitrogen and oxygen atoms in total. The van der Waals surface area contributed by atoms with Crippen LogP contribution in [0.15, 0.2) is 4.99 Å². The summed E-state index contributed by atoms with van der Waals surface area (Å²) in [6.45, 7) is 4.64. The van der Waals surface area contributed by atoms with Crippen LogP contribution in [0.1, 0.15) is 25.7 Å². The zero-order valence-corrected chi connectivity index (χ0v) is 14.6. The van der Waals surface area contributed by atoms with Crippen LogP contribution in [0.2, 0.25) is 0 Å². The molecule has 1 rings (SSSR count). The molecule has 0 atom stereocenters. The summed E-state index contributed by atoms with van der Waals surface area (Å²) in [4.78, 5) is 6.73. The van der Waals surface area contributed by atoms with Crippen LogP contribution in [0, 0.1) is 0 Å². The SMILES string of the molecule is CN=C(NCCCSC)N1CCC(OCCCOC)CC1. The molecular formula is C15H31N3O2S. The second kappa shape index (κ2) is 12.1. The number of piperidine rings is 1. The highest BCUT2D eigenvalue weighted by molar-refractivity contribution is 7.98. The van der Waals surface area contributed by atoms with E-state index in [-0.39, 0.29) is 0 Å². The van der Waals surface area contributed by atoms with Crippen molar-refractivity contribution in [1.29, 1.82) is 0 Å². The summed E-state index contributed by atoms with van der Waals surface area (Å²) in [6.07, 6.45) is 6.87. The van der Waals surface area contributed by atoms with E-state index >= 15 is 0 Å². The Morgan fingerprint density at radius 2 is 2.05 bits per heavy atom. The van der Waals surface area contributed by atoms with Gasteiger partial charge >= 0.3 is 0 Å². The van der Waals surface area contributed by atoms with Crippen molar-refractivity contribution in [3.8, 4) is 0 Å². The van der Waals surface area contributed by atoms with Gasteiger partial charge < -0.3 is 19.7 Å². The number of guanidine groups is 1. The Hall–Kier alpha value is -0.460. The van der Waals surface area contributed by atoms with Crippen LogP contribution < -0.4 is 5.32 Å². The summed E-state index contributed by atoms with van der Waals surface area (Å²) < 4.78 is 10.9. The molecule has 0 unspecified atom stereocenters. The second-order valence-corrected chi connectivity index (χ2v) is 6.21. The van der Waals surface area contributed by atoms with Gasteiger partial charge in [0.25, 0.3) is 0 Å². The number of nitrogens with one attached hydrogen (secondary N) is 1. The quantitative estimate of drug-likeness (QED) is 0.399. The number of rotatable bonds is 9. The van der Waals surface area contributed by atoms with Crippen LogP contribution in [0.25, 0.3) is 0 Å². The van der Waals surface area contributed by atoms with Gasteiger partial charge in [-0.2, -0.15) is 11.8 Å². The van der Waals surface area contributed by atoms with E-state index in [9.17, 15) is 0 Å². The predicted molar refractivity (Wildman–Crippen MR) is 91.4 cm³/mol. The maximum Gasteiger partial charge on any atom is 0.193 e. The van der Waals surface area contributed by atoms with Gasteiger partial charge in [0, 0.05) is 47.0 Å². The molecule has 0 radical (unpaired) electrons. The summed E-state index contributed by atoms with van der Waals surface area (Å²) in [5, 5.41) is 3.45. The smallest absolute Gasteiger partial charge is 0.193 e. The molecule has 0 aromatic heterocycles. The first-order chi connectivity index (χ1) is 10.3. The number of ether oxygens (including phenoxy) is 2. The Morgan fingerprint density at radius 1 is 1.29 bits per heavy atom. The molecule has 1 heterocycles. The molecule has 1 N–H and O–H groups in total. The molecule has 6 heteroatoms. The molecule has 21 heavy (non-hydrogen) atoms. The fraction of sp³-hybridized carbons (Fsp3) is 0.933. The number of likely N-dealkylation sites (tertiary alicyclic amines) is 1. The Kier molecular flexibility index (Phi) is 10.7. The van der Waals surface area contributed by atoms with Gasteiger partial charge in [-0.25, -0.2) is 0 Å². The van der Waals surface area contributed by atoms with Crippen LogP contribution in [0.5, 0.6) is 0 Å². The number of aliphatic imine (C=N–C) groups is 1. The molecule has 1 aliphatic heterocycles. The van der Waals surface area contributed by atoms with Crippen molar-refractivity contribution < 1.29 is 9.47 Å². The van der Waals surface area contributed by atoms with E-state index in [1.807, 2.05) is 18.8 Å². The number of nitrogens with zero attached hydrogens (tertiary/aromatic N) is 2. The van der Waals surface area contributed by atoms with Crippen molar-refractivity contribution in [2.24, 2.45) is 4.99 Å². The van der Waals surface area contributed by atoms with Crippen LogP contribution in [0.3, 0.4) is 0 Å². The van der Waals surface area contributed by atoms with E-state index in [0.29, 0.717) is 6.10 Å². The van der Waals surface area contributed by atoms with Gasteiger partial charge in [-0.3, -0.25) is 4.99 Å². The van der Waals surface area contributed by atoms with Gasteiger partial charge in [-0.15, -0.1) is 0 Å². The van der Waals surface area contributed by atoms with E-state index in [4.69, 9.17) is 9.47 Å². The minimum absolute atomic E-state index is 0.396. The summed E-state index contributed by atoms with van der Waals surface area (Å²) in [6, 6.07) is 0. The van der Waals surface area contributed by atoms with Crippen molar-refractivity contribution in [2.75, 3.05) is 59.0 Å². The third-order valence-electron chi connectivity index (χ3n) is 3.61. The Labute approximate surface area is 133 Å². The fourth-order valence-corrected chi connectivity index (χ4v) is 2.87. The minimum atomic E-state index is 0.396. The lowest BCUT2D eigenvalue weighted by Crippen LogP contribution is -2.47. The molecule has 1 fully saturated rings. The van der Waals surface area contributed by atoms with Crippen LogP contribution >= 0.6 is 11.8 Å². The first-order valence-electron chi connectivity index (χ1n) is 7.87. The van der Waals surface area contributed by atoms with Gasteiger partial charge in [0.1, 0.15) is 0 Å². The highest BCUT2D eigenvalue weighted by atomic mass is 32.2. The van der Waals surface area contributed by atoms with Crippen molar-refractivity contribution in [3.05, 3.63) is 0 Å². The molecule has 0 spiro atoms. The summed E-state index contributed by atoms with van der Waals surface area (Å²) in [5.41, 5.74) is 0. The lowest BCUT2D eigenvalue weighted by atomic mass is 10.1. The first-order valence-corrected chi connectivity index (χ1v) is 9.26. The fourth-order valence-electron chi connectivity index (χ4n) is 2.44. The van der Waals surface area contributed by atoms with Crippen molar-refractivity contribution in [1.82, 2.24) is 10.2 Å². The lowest BCUT2D eigenvalue weighted by molar-refractivity contribution is 0.00991. The molecule has 0 bridgehead atoms. The van der Waals surface area contributed by atoms with Crippen molar-refractivity contribution in [3.63, 3.8) is 0 Å². The summed E-state index contributed by atoms with van der Waals surface area (Å²) in [7, 11) is 3.60. The average molecular weight is 317 g/mol. The summed E-state index contributed by atoms with van der Waals surface area (Å²) in [5.74, 6) is 2.23. The number of hydrogen-bond acceptors (Lipinski definition) is 4. The second-order valence-electron chi connectivity index (χ2n) is 5.22. The molecular weight excluding hydrogens is 286 g/mol. The van der Waals surface area contributed by atoms with E-state index in [1.54, 1.807) is 7.11 Å². The summed E-state index contributed by atoms with van der Waals surface area (Å²) >= 11 is 1.89. The zero-order chi connectivity index (χ0) is 15.3. The standard InChI is InChI=1S/C15H31N3O2S/c1-16-15(17-8-4-13-21-3)18-9-6-14(7-10-18)20-12-5-11-19-2/h14H,4-13H2,1-3H3,(H,16,17). The van der Waals surface area contributed by atoms with Gasteiger partial charge in [0.15, 0.2) is 5.96 Å². The predicted octanol–water partition coefficient (Wildman–Crippen LogP) is 1.83. The normalized spacial score (nSPS) is 17.3. The van der Waals surface area contributed by atoms with Crippen LogP contribution in [-0.4, -0.2) is 76.0 Å². The lowest BCUT2D eigenvalue weighted by Gasteiger charge is -2.34. The van der Waals surface area contributed by atoms with E-state index in [2.05, 4.69) is 21.5 Å². The Morgan fingerprint density at radius 3 is 2.67 bits per heavy atom. The molecule has 0 saturated carbocycles. The average Bonchev–Trinajstić information content (AvgIpc) is 2.53. The molecule has 124 valence electrons. The van der Waals surface area contributed by atoms with Gasteiger partial charge in [-0.05, 0) is 37.7 Å². The molecule has 1 saturated heterocycles. The molecule has 0 aromatic carbocycles. The van der Waals surface area contributed by atoms with Gasteiger partial charge in [-0.1, -0.05) is 0 Å². The topological polar surface area (TPSA) is 46.1 Å². The first kappa shape index (κ1) is 18.6. The number of hydrogen-bond donors (Lipinski definition) is 1. The number of thioether (sulfide) groups is 1. The minimum Gasteiger partial charge on any atom is -0.385 e. The maximum absolute atomic E-state index is 5.89. The van der Waals surface area contributed by atoms with E-state index in [1.165, 1.54) is 12.2 Å². The maximum atomic E-state index is 5.89. The highest BCUT2D eigenvalue weighted by Gasteiger charge is 2.21. The van der Waals surface area contributed by atoms with E-state index in [0.717, 1.165) is 58.1 Å². The number of methoxy groups -OCH3 is 1. The molecule has 0 aromatic rings. The molecule has 0 amide bonds. The Balaban J connectivity index is 2.17. The monoisotopic (exact) mass is 317 g/mol. The van der Waals surface area contributed by atoms with Crippen molar-refractivity contribution in [2.45, 2.75) is 31.8 Å². The van der Waals surface area contributed by atoms with Gasteiger partial charge in [0.05, 0.1) is 6.10 Å². The molecule has 0 aliphatic carbocycles. The highest BCUT2D eigenvalue weighted by Crippen LogP contribution is 2.14. The third kappa shape index (κ3) is 7.93. The Bertz CT molecular complexity index is 282. The van der Waals surface area contributed by atoms with Crippen LogP contribution in [0.4, 0.5) is 0 Å². The van der Waals surface area contributed by atoms with Crippen LogP contribution in [-0.2, 0) is 9.47 Å². The van der Waals surface area contributed by atoms with E-state index < -0.39 is 0 Å².